The first-order valence-corrected chi connectivity index (χ1v) is 9.95. The van der Waals surface area contributed by atoms with Gasteiger partial charge >= 0.3 is 5.97 Å². The molecule has 8 heteroatoms. The fraction of sp³-hybridized carbons (Fsp3) is 0. The average Bonchev–Trinajstić information content (AvgIpc) is 2.72. The lowest BCUT2D eigenvalue weighted by Gasteiger charge is -2.09. The molecule has 0 saturated heterocycles. The molecule has 3 aromatic rings. The van der Waals surface area contributed by atoms with Crippen LogP contribution < -0.4 is 15.6 Å². The molecule has 0 aliphatic carbocycles. The van der Waals surface area contributed by atoms with Crippen molar-refractivity contribution in [1.82, 2.24) is 10.9 Å². The van der Waals surface area contributed by atoms with Gasteiger partial charge in [0.2, 0.25) is 0 Å². The number of amides is 2. The van der Waals surface area contributed by atoms with E-state index in [-0.39, 0.29) is 0 Å². The predicted octanol–water partition coefficient (Wildman–Crippen LogP) is 4.51. The summed E-state index contributed by atoms with van der Waals surface area (Å²) in [6.45, 7) is 0. The van der Waals surface area contributed by atoms with E-state index in [2.05, 4.69) is 42.7 Å². The van der Waals surface area contributed by atoms with Gasteiger partial charge in [-0.3, -0.25) is 20.4 Å². The molecule has 2 amide bonds. The molecule has 0 atom stereocenters. The van der Waals surface area contributed by atoms with E-state index in [0.717, 1.165) is 8.95 Å². The van der Waals surface area contributed by atoms with Crippen LogP contribution in [0, 0.1) is 0 Å². The van der Waals surface area contributed by atoms with E-state index in [1.54, 1.807) is 48.5 Å². The average molecular weight is 518 g/mol. The van der Waals surface area contributed by atoms with E-state index in [1.807, 2.05) is 0 Å². The summed E-state index contributed by atoms with van der Waals surface area (Å²) in [6.07, 6.45) is 0. The SMILES string of the molecule is O=C(NNC(=O)c1cccc(Br)c1)c1ccc(OC(=O)c2cccc(Br)c2)cc1. The lowest BCUT2D eigenvalue weighted by atomic mass is 10.2. The third kappa shape index (κ3) is 5.75. The maximum absolute atomic E-state index is 12.2. The Bertz CT molecular complexity index is 1070. The summed E-state index contributed by atoms with van der Waals surface area (Å²) in [5, 5.41) is 0. The molecular formula is C21H14Br2N2O4. The Hall–Kier alpha value is -2.97. The molecule has 0 fully saturated rings. The molecule has 3 rings (SSSR count). The lowest BCUT2D eigenvalue weighted by Crippen LogP contribution is -2.41. The molecule has 0 aliphatic rings. The van der Waals surface area contributed by atoms with Crippen molar-refractivity contribution >= 4 is 49.6 Å². The minimum absolute atomic E-state index is 0.293. The van der Waals surface area contributed by atoms with Gasteiger partial charge in [-0.05, 0) is 60.7 Å². The highest BCUT2D eigenvalue weighted by Gasteiger charge is 2.12. The van der Waals surface area contributed by atoms with Gasteiger partial charge < -0.3 is 4.74 Å². The molecule has 29 heavy (non-hydrogen) atoms. The van der Waals surface area contributed by atoms with E-state index in [9.17, 15) is 14.4 Å². The van der Waals surface area contributed by atoms with E-state index in [0.29, 0.717) is 22.4 Å². The number of hydrogen-bond donors (Lipinski definition) is 2. The van der Waals surface area contributed by atoms with Gasteiger partial charge in [0.05, 0.1) is 5.56 Å². The highest BCUT2D eigenvalue weighted by atomic mass is 79.9. The molecule has 3 aromatic carbocycles. The van der Waals surface area contributed by atoms with E-state index in [4.69, 9.17) is 4.74 Å². The molecule has 0 spiro atoms. The Labute approximate surface area is 183 Å². The molecule has 0 aliphatic heterocycles. The van der Waals surface area contributed by atoms with Crippen LogP contribution >= 0.6 is 31.9 Å². The maximum atomic E-state index is 12.2. The van der Waals surface area contributed by atoms with Gasteiger partial charge in [0, 0.05) is 20.1 Å². The van der Waals surface area contributed by atoms with Crippen LogP contribution in [0.25, 0.3) is 0 Å². The Morgan fingerprint density at radius 1 is 0.655 bits per heavy atom. The Morgan fingerprint density at radius 2 is 1.17 bits per heavy atom. The van der Waals surface area contributed by atoms with Gasteiger partial charge in [0.15, 0.2) is 0 Å². The van der Waals surface area contributed by atoms with E-state index >= 15 is 0 Å². The molecule has 0 unspecified atom stereocenters. The zero-order chi connectivity index (χ0) is 20.8. The van der Waals surface area contributed by atoms with Crippen molar-refractivity contribution in [2.24, 2.45) is 0 Å². The second kappa shape index (κ2) is 9.49. The second-order valence-electron chi connectivity index (χ2n) is 5.84. The summed E-state index contributed by atoms with van der Waals surface area (Å²) < 4.78 is 6.81. The number of carbonyl (C=O) groups is 3. The van der Waals surface area contributed by atoms with Crippen molar-refractivity contribution in [3.05, 3.63) is 98.4 Å². The first-order valence-electron chi connectivity index (χ1n) is 8.36. The summed E-state index contributed by atoms with van der Waals surface area (Å²) in [7, 11) is 0. The highest BCUT2D eigenvalue weighted by Crippen LogP contribution is 2.17. The molecule has 0 aromatic heterocycles. The van der Waals surface area contributed by atoms with Crippen molar-refractivity contribution in [2.75, 3.05) is 0 Å². The normalized spacial score (nSPS) is 10.1. The fourth-order valence-corrected chi connectivity index (χ4v) is 3.14. The van der Waals surface area contributed by atoms with E-state index in [1.165, 1.54) is 24.3 Å². The minimum Gasteiger partial charge on any atom is -0.423 e. The second-order valence-corrected chi connectivity index (χ2v) is 7.67. The van der Waals surface area contributed by atoms with Gasteiger partial charge in [-0.15, -0.1) is 0 Å². The first kappa shape index (κ1) is 20.8. The molecular weight excluding hydrogens is 504 g/mol. The number of rotatable bonds is 4. The van der Waals surface area contributed by atoms with Crippen molar-refractivity contribution in [3.8, 4) is 5.75 Å². The molecule has 146 valence electrons. The van der Waals surface area contributed by atoms with Gasteiger partial charge in [0.25, 0.3) is 11.8 Å². The molecule has 0 radical (unpaired) electrons. The van der Waals surface area contributed by atoms with Crippen LogP contribution in [0.1, 0.15) is 31.1 Å². The number of nitrogens with one attached hydrogen (secondary N) is 2. The van der Waals surface area contributed by atoms with Crippen LogP contribution in [-0.4, -0.2) is 17.8 Å². The molecule has 6 nitrogen and oxygen atoms in total. The number of hydrogen-bond acceptors (Lipinski definition) is 4. The van der Waals surface area contributed by atoms with Crippen molar-refractivity contribution in [1.29, 1.82) is 0 Å². The van der Waals surface area contributed by atoms with Crippen molar-refractivity contribution in [3.63, 3.8) is 0 Å². The standard InChI is InChI=1S/C21H14Br2N2O4/c22-16-5-1-3-14(11-16)20(27)25-24-19(26)13-7-9-18(10-8-13)29-21(28)15-4-2-6-17(23)12-15/h1-12H,(H,24,26)(H,25,27). The number of hydrazine groups is 1. The summed E-state index contributed by atoms with van der Waals surface area (Å²) in [6, 6.07) is 19.6. The zero-order valence-corrected chi connectivity index (χ0v) is 18.0. The van der Waals surface area contributed by atoms with Crippen molar-refractivity contribution in [2.45, 2.75) is 0 Å². The van der Waals surface area contributed by atoms with E-state index < -0.39 is 17.8 Å². The van der Waals surface area contributed by atoms with Crippen LogP contribution in [0.4, 0.5) is 0 Å². The zero-order valence-electron chi connectivity index (χ0n) is 14.8. The Kier molecular flexibility index (Phi) is 6.79. The lowest BCUT2D eigenvalue weighted by molar-refractivity contribution is 0.0734. The molecule has 2 N–H and O–H groups in total. The maximum Gasteiger partial charge on any atom is 0.343 e. The van der Waals surface area contributed by atoms with Gasteiger partial charge in [-0.25, -0.2) is 4.79 Å². The Balaban J connectivity index is 1.57. The van der Waals surface area contributed by atoms with Crippen LogP contribution in [0.3, 0.4) is 0 Å². The van der Waals surface area contributed by atoms with Crippen LogP contribution in [0.15, 0.2) is 81.7 Å². The molecule has 0 bridgehead atoms. The Morgan fingerprint density at radius 3 is 1.76 bits per heavy atom. The predicted molar refractivity (Wildman–Crippen MR) is 115 cm³/mol. The van der Waals surface area contributed by atoms with Crippen molar-refractivity contribution < 1.29 is 19.1 Å². The number of halogens is 2. The smallest absolute Gasteiger partial charge is 0.343 e. The van der Waals surface area contributed by atoms with Crippen LogP contribution in [0.5, 0.6) is 5.75 Å². The van der Waals surface area contributed by atoms with Gasteiger partial charge in [0.1, 0.15) is 5.75 Å². The van der Waals surface area contributed by atoms with Crippen LogP contribution in [-0.2, 0) is 0 Å². The number of benzene rings is 3. The quantitative estimate of drug-likeness (QED) is 0.303. The summed E-state index contributed by atoms with van der Waals surface area (Å²) in [5.41, 5.74) is 5.78. The van der Waals surface area contributed by atoms with Gasteiger partial charge in [-0.1, -0.05) is 44.0 Å². The number of ether oxygens (including phenoxy) is 1. The third-order valence-corrected chi connectivity index (χ3v) is 4.75. The number of carbonyl (C=O) groups excluding carboxylic acids is 3. The summed E-state index contributed by atoms with van der Waals surface area (Å²) in [5.74, 6) is -1.16. The monoisotopic (exact) mass is 516 g/mol. The first-order chi connectivity index (χ1) is 13.9. The fourth-order valence-electron chi connectivity index (χ4n) is 2.34. The summed E-state index contributed by atoms with van der Waals surface area (Å²) >= 11 is 6.58. The van der Waals surface area contributed by atoms with Gasteiger partial charge in [-0.2, -0.15) is 0 Å². The highest BCUT2D eigenvalue weighted by molar-refractivity contribution is 9.10. The largest absolute Gasteiger partial charge is 0.423 e. The third-order valence-electron chi connectivity index (χ3n) is 3.76. The number of esters is 1. The molecule has 0 saturated carbocycles. The summed E-state index contributed by atoms with van der Waals surface area (Å²) in [4.78, 5) is 36.4. The minimum atomic E-state index is -0.509. The molecule has 0 heterocycles. The topological polar surface area (TPSA) is 84.5 Å². The van der Waals surface area contributed by atoms with Crippen LogP contribution in [0.2, 0.25) is 0 Å².